The number of aryl methyl sites for hydroxylation is 1. The summed E-state index contributed by atoms with van der Waals surface area (Å²) in [6.07, 6.45) is -3.08. The molecule has 0 unspecified atom stereocenters. The number of carboxylic acid groups (broad SMARTS) is 2. The smallest absolute Gasteiger partial charge is 0.477 e. The number of hydrogen-bond acceptors (Lipinski definition) is 3. The molecule has 3 N–H and O–H groups in total. The summed E-state index contributed by atoms with van der Waals surface area (Å²) < 4.78 is 31.7. The summed E-state index contributed by atoms with van der Waals surface area (Å²) in [6.45, 7) is 1.81. The SMILES string of the molecule is CCc1cc[nH]c(=O)c1C(=O)O.O=C(O)C(F)(F)F. The number of aromatic nitrogens is 1. The molecule has 0 fully saturated rings. The monoisotopic (exact) mass is 281 g/mol. The minimum Gasteiger partial charge on any atom is -0.477 e. The Labute approximate surface area is 104 Å². The maximum Gasteiger partial charge on any atom is 0.490 e. The summed E-state index contributed by atoms with van der Waals surface area (Å²) in [5, 5.41) is 15.8. The van der Waals surface area contributed by atoms with E-state index < -0.39 is 23.7 Å². The van der Waals surface area contributed by atoms with Crippen molar-refractivity contribution >= 4 is 11.9 Å². The van der Waals surface area contributed by atoms with Crippen molar-refractivity contribution in [1.82, 2.24) is 4.98 Å². The van der Waals surface area contributed by atoms with Crippen LogP contribution in [0.15, 0.2) is 17.1 Å². The molecule has 0 bridgehead atoms. The van der Waals surface area contributed by atoms with E-state index in [1.54, 1.807) is 13.0 Å². The van der Waals surface area contributed by atoms with Crippen LogP contribution in [0.1, 0.15) is 22.8 Å². The fourth-order valence-corrected chi connectivity index (χ4v) is 1.05. The lowest BCUT2D eigenvalue weighted by atomic mass is 10.1. The van der Waals surface area contributed by atoms with Crippen molar-refractivity contribution in [3.8, 4) is 0 Å². The van der Waals surface area contributed by atoms with Gasteiger partial charge in [0, 0.05) is 6.20 Å². The molecule has 9 heteroatoms. The molecule has 0 atom stereocenters. The number of aliphatic carboxylic acids is 1. The summed E-state index contributed by atoms with van der Waals surface area (Å²) in [7, 11) is 0. The van der Waals surface area contributed by atoms with Crippen LogP contribution < -0.4 is 5.56 Å². The molecule has 0 aliphatic carbocycles. The molecule has 0 radical (unpaired) electrons. The van der Waals surface area contributed by atoms with Gasteiger partial charge in [-0.15, -0.1) is 0 Å². The number of alkyl halides is 3. The second kappa shape index (κ2) is 6.57. The highest BCUT2D eigenvalue weighted by Gasteiger charge is 2.38. The predicted octanol–water partition coefficient (Wildman–Crippen LogP) is 1.27. The molecule has 106 valence electrons. The average molecular weight is 281 g/mol. The lowest BCUT2D eigenvalue weighted by Gasteiger charge is -1.99. The van der Waals surface area contributed by atoms with E-state index in [2.05, 4.69) is 4.98 Å². The van der Waals surface area contributed by atoms with Crippen molar-refractivity contribution in [2.24, 2.45) is 0 Å². The average Bonchev–Trinajstić information content (AvgIpc) is 2.27. The lowest BCUT2D eigenvalue weighted by Crippen LogP contribution is -2.21. The van der Waals surface area contributed by atoms with Crippen molar-refractivity contribution in [1.29, 1.82) is 0 Å². The Morgan fingerprint density at radius 1 is 1.32 bits per heavy atom. The van der Waals surface area contributed by atoms with Crippen LogP contribution >= 0.6 is 0 Å². The molecule has 1 heterocycles. The number of carboxylic acids is 2. The fourth-order valence-electron chi connectivity index (χ4n) is 1.05. The minimum absolute atomic E-state index is 0.153. The number of hydrogen-bond donors (Lipinski definition) is 3. The number of rotatable bonds is 2. The topological polar surface area (TPSA) is 107 Å². The van der Waals surface area contributed by atoms with E-state index in [9.17, 15) is 22.8 Å². The van der Waals surface area contributed by atoms with Crippen LogP contribution in [0.5, 0.6) is 0 Å². The summed E-state index contributed by atoms with van der Waals surface area (Å²) in [5.74, 6) is -3.93. The van der Waals surface area contributed by atoms with E-state index in [0.29, 0.717) is 12.0 Å². The van der Waals surface area contributed by atoms with Gasteiger partial charge in [-0.1, -0.05) is 6.92 Å². The van der Waals surface area contributed by atoms with Crippen LogP contribution in [0.4, 0.5) is 13.2 Å². The first kappa shape index (κ1) is 16.7. The van der Waals surface area contributed by atoms with E-state index in [4.69, 9.17) is 15.0 Å². The molecule has 0 aliphatic heterocycles. The largest absolute Gasteiger partial charge is 0.490 e. The van der Waals surface area contributed by atoms with E-state index in [0.717, 1.165) is 0 Å². The first-order chi connectivity index (χ1) is 8.61. The van der Waals surface area contributed by atoms with Gasteiger partial charge in [0.2, 0.25) is 0 Å². The molecule has 1 rings (SSSR count). The molecule has 0 saturated heterocycles. The normalized spacial score (nSPS) is 10.3. The van der Waals surface area contributed by atoms with E-state index in [1.165, 1.54) is 6.20 Å². The number of aromatic carboxylic acids is 1. The number of carbonyl (C=O) groups is 2. The van der Waals surface area contributed by atoms with Gasteiger partial charge in [-0.3, -0.25) is 4.79 Å². The minimum atomic E-state index is -5.08. The molecule has 6 nitrogen and oxygen atoms in total. The summed E-state index contributed by atoms with van der Waals surface area (Å²) in [4.78, 5) is 32.8. The molecular weight excluding hydrogens is 271 g/mol. The zero-order chi connectivity index (χ0) is 15.2. The van der Waals surface area contributed by atoms with Gasteiger partial charge in [0.25, 0.3) is 5.56 Å². The molecule has 1 aromatic rings. The Bertz CT molecular complexity index is 521. The quantitative estimate of drug-likeness (QED) is 0.756. The van der Waals surface area contributed by atoms with Gasteiger partial charge in [-0.2, -0.15) is 13.2 Å². The maximum atomic E-state index is 11.0. The predicted molar refractivity (Wildman–Crippen MR) is 57.1 cm³/mol. The van der Waals surface area contributed by atoms with Crippen molar-refractivity contribution < 1.29 is 33.0 Å². The Morgan fingerprint density at radius 3 is 2.05 bits per heavy atom. The van der Waals surface area contributed by atoms with Crippen molar-refractivity contribution in [2.75, 3.05) is 0 Å². The number of aromatic amines is 1. The van der Waals surface area contributed by atoms with Gasteiger partial charge >= 0.3 is 18.1 Å². The van der Waals surface area contributed by atoms with Gasteiger partial charge in [-0.25, -0.2) is 9.59 Å². The zero-order valence-electron chi connectivity index (χ0n) is 9.61. The standard InChI is InChI=1S/C8H9NO3.C2HF3O2/c1-2-5-3-4-9-7(10)6(5)8(11)12;3-2(4,5)1(6)7/h3-4H,2H2,1H3,(H,9,10)(H,11,12);(H,6,7). The zero-order valence-corrected chi connectivity index (χ0v) is 9.61. The molecule has 0 amide bonds. The fraction of sp³-hybridized carbons (Fsp3) is 0.300. The lowest BCUT2D eigenvalue weighted by molar-refractivity contribution is -0.192. The number of halogens is 3. The first-order valence-corrected chi connectivity index (χ1v) is 4.85. The summed E-state index contributed by atoms with van der Waals surface area (Å²) >= 11 is 0. The summed E-state index contributed by atoms with van der Waals surface area (Å²) in [5.41, 5.74) is -0.131. The second-order valence-corrected chi connectivity index (χ2v) is 3.17. The maximum absolute atomic E-state index is 11.0. The second-order valence-electron chi connectivity index (χ2n) is 3.17. The first-order valence-electron chi connectivity index (χ1n) is 4.85. The van der Waals surface area contributed by atoms with Crippen LogP contribution in [0, 0.1) is 0 Å². The highest BCUT2D eigenvalue weighted by Crippen LogP contribution is 2.13. The van der Waals surface area contributed by atoms with Gasteiger partial charge in [-0.05, 0) is 18.1 Å². The van der Waals surface area contributed by atoms with Gasteiger partial charge in [0.05, 0.1) is 0 Å². The molecular formula is C10H10F3NO5. The van der Waals surface area contributed by atoms with Crippen molar-refractivity contribution in [2.45, 2.75) is 19.5 Å². The molecule has 0 spiro atoms. The van der Waals surface area contributed by atoms with Crippen LogP contribution in [0.2, 0.25) is 0 Å². The molecule has 1 aromatic heterocycles. The van der Waals surface area contributed by atoms with Crippen molar-refractivity contribution in [3.63, 3.8) is 0 Å². The van der Waals surface area contributed by atoms with E-state index >= 15 is 0 Å². The van der Waals surface area contributed by atoms with Crippen LogP contribution in [-0.4, -0.2) is 33.3 Å². The molecule has 19 heavy (non-hydrogen) atoms. The van der Waals surface area contributed by atoms with E-state index in [-0.39, 0.29) is 5.56 Å². The highest BCUT2D eigenvalue weighted by atomic mass is 19.4. The summed E-state index contributed by atoms with van der Waals surface area (Å²) in [6, 6.07) is 1.60. The molecule has 0 aliphatic rings. The Morgan fingerprint density at radius 2 is 1.79 bits per heavy atom. The van der Waals surface area contributed by atoms with Gasteiger partial charge < -0.3 is 15.2 Å². The molecule has 0 aromatic carbocycles. The van der Waals surface area contributed by atoms with E-state index in [1.807, 2.05) is 0 Å². The third kappa shape index (κ3) is 5.23. The Kier molecular flexibility index (Phi) is 5.77. The third-order valence-corrected chi connectivity index (χ3v) is 1.88. The van der Waals surface area contributed by atoms with Crippen LogP contribution in [0.25, 0.3) is 0 Å². The Hall–Kier alpha value is -2.32. The number of nitrogens with one attached hydrogen (secondary N) is 1. The Balaban J connectivity index is 0.000000399. The van der Waals surface area contributed by atoms with Gasteiger partial charge in [0.15, 0.2) is 0 Å². The van der Waals surface area contributed by atoms with Crippen LogP contribution in [0.3, 0.4) is 0 Å². The third-order valence-electron chi connectivity index (χ3n) is 1.88. The number of H-pyrrole nitrogens is 1. The van der Waals surface area contributed by atoms with Gasteiger partial charge in [0.1, 0.15) is 5.56 Å². The highest BCUT2D eigenvalue weighted by molar-refractivity contribution is 5.88. The van der Waals surface area contributed by atoms with Crippen LogP contribution in [-0.2, 0) is 11.2 Å². The molecule has 0 saturated carbocycles. The number of pyridine rings is 1. The van der Waals surface area contributed by atoms with Crippen molar-refractivity contribution in [3.05, 3.63) is 33.7 Å².